The topological polar surface area (TPSA) is 91.9 Å². The number of anilines is 1. The van der Waals surface area contributed by atoms with Crippen molar-refractivity contribution in [1.29, 1.82) is 0 Å². The van der Waals surface area contributed by atoms with Gasteiger partial charge in [-0.05, 0) is 37.1 Å². The zero-order valence-corrected chi connectivity index (χ0v) is 18.4. The number of fused-ring (bicyclic) bond motifs is 1. The molecule has 0 bridgehead atoms. The monoisotopic (exact) mass is 517 g/mol. The molecule has 2 heterocycles. The number of nitrogens with zero attached hydrogens (tertiary/aromatic N) is 1. The van der Waals surface area contributed by atoms with Gasteiger partial charge in [0.25, 0.3) is 10.0 Å². The number of ketones is 1. The lowest BCUT2D eigenvalue weighted by atomic mass is 10.0. The van der Waals surface area contributed by atoms with Crippen LogP contribution in [0.25, 0.3) is 11.0 Å². The lowest BCUT2D eigenvalue weighted by molar-refractivity contribution is -0.0940. The number of nitrogens with one attached hydrogen (secondary N) is 2. The lowest BCUT2D eigenvalue weighted by Crippen LogP contribution is -2.20. The molecule has 0 radical (unpaired) electrons. The van der Waals surface area contributed by atoms with Crippen LogP contribution in [0.15, 0.2) is 53.2 Å². The summed E-state index contributed by atoms with van der Waals surface area (Å²) in [6.07, 6.45) is -1.77. The maximum absolute atomic E-state index is 15.2. The van der Waals surface area contributed by atoms with Crippen LogP contribution in [0, 0.1) is 11.6 Å². The molecule has 4 rings (SSSR count). The Kier molecular flexibility index (Phi) is 5.98. The van der Waals surface area contributed by atoms with Crippen molar-refractivity contribution in [3.63, 3.8) is 0 Å². The number of rotatable bonds is 5. The second-order valence-electron chi connectivity index (χ2n) is 7.29. The molecule has 0 saturated carbocycles. The van der Waals surface area contributed by atoms with Crippen molar-refractivity contribution in [2.45, 2.75) is 19.0 Å². The first kappa shape index (κ1) is 23.9. The number of halogens is 6. The van der Waals surface area contributed by atoms with Crippen LogP contribution < -0.4 is 4.72 Å². The smallest absolute Gasteiger partial charge is 0.345 e. The highest BCUT2D eigenvalue weighted by molar-refractivity contribution is 7.96. The number of aromatic nitrogens is 2. The van der Waals surface area contributed by atoms with Gasteiger partial charge >= 0.3 is 6.18 Å². The Balaban J connectivity index is 1.69. The summed E-state index contributed by atoms with van der Waals surface area (Å²) in [5.41, 5.74) is -2.59. The van der Waals surface area contributed by atoms with Gasteiger partial charge in [0.2, 0.25) is 5.78 Å². The summed E-state index contributed by atoms with van der Waals surface area (Å²) in [4.78, 5) is 19.2. The molecule has 0 aliphatic heterocycles. The molecule has 1 aliphatic rings. The van der Waals surface area contributed by atoms with Gasteiger partial charge in [-0.15, -0.1) is 0 Å². The standard InChI is InChI=1S/C21H13ClF5N3O3S/c22-11-7-13-14(9-29-20(13)28-8-11)19(31)17-15(23)5-6-16(18(17)24)30-34(32,33)12-3-1-10(2-4-12)21(25,26)27/h1,3,5-9,30H,2,4H2,(H,28,29). The Morgan fingerprint density at radius 1 is 1.15 bits per heavy atom. The maximum atomic E-state index is 15.2. The van der Waals surface area contributed by atoms with Gasteiger partial charge in [0.1, 0.15) is 11.5 Å². The van der Waals surface area contributed by atoms with E-state index < -0.39 is 68.2 Å². The van der Waals surface area contributed by atoms with Crippen molar-refractivity contribution >= 4 is 44.1 Å². The molecule has 0 saturated heterocycles. The predicted octanol–water partition coefficient (Wildman–Crippen LogP) is 5.63. The Morgan fingerprint density at radius 3 is 2.53 bits per heavy atom. The highest BCUT2D eigenvalue weighted by atomic mass is 35.5. The van der Waals surface area contributed by atoms with Crippen molar-refractivity contribution in [1.82, 2.24) is 9.97 Å². The van der Waals surface area contributed by atoms with Crippen LogP contribution in [-0.4, -0.2) is 30.3 Å². The highest BCUT2D eigenvalue weighted by Crippen LogP contribution is 2.35. The van der Waals surface area contributed by atoms with Crippen molar-refractivity contribution in [2.24, 2.45) is 0 Å². The minimum absolute atomic E-state index is 0.150. The summed E-state index contributed by atoms with van der Waals surface area (Å²) < 4.78 is 95.0. The quantitative estimate of drug-likeness (QED) is 0.339. The third-order valence-electron chi connectivity index (χ3n) is 5.13. The average Bonchev–Trinajstić information content (AvgIpc) is 3.18. The number of hydrogen-bond acceptors (Lipinski definition) is 4. The van der Waals surface area contributed by atoms with Gasteiger partial charge in [-0.1, -0.05) is 17.7 Å². The van der Waals surface area contributed by atoms with E-state index in [-0.39, 0.29) is 21.6 Å². The molecule has 6 nitrogen and oxygen atoms in total. The minimum Gasteiger partial charge on any atom is -0.345 e. The largest absolute Gasteiger partial charge is 0.412 e. The van der Waals surface area contributed by atoms with Crippen LogP contribution in [0.1, 0.15) is 28.8 Å². The van der Waals surface area contributed by atoms with Crippen LogP contribution in [0.3, 0.4) is 0 Å². The molecule has 2 N–H and O–H groups in total. The third-order valence-corrected chi connectivity index (χ3v) is 6.85. The van der Waals surface area contributed by atoms with E-state index in [4.69, 9.17) is 11.6 Å². The number of pyridine rings is 1. The number of sulfonamides is 1. The lowest BCUT2D eigenvalue weighted by Gasteiger charge is -2.18. The average molecular weight is 518 g/mol. The molecule has 13 heteroatoms. The Morgan fingerprint density at radius 2 is 1.88 bits per heavy atom. The zero-order chi connectivity index (χ0) is 24.8. The van der Waals surface area contributed by atoms with E-state index >= 15 is 4.39 Å². The Bertz CT molecular complexity index is 1490. The number of benzene rings is 1. The minimum atomic E-state index is -4.60. The van der Waals surface area contributed by atoms with Crippen molar-refractivity contribution in [2.75, 3.05) is 4.72 Å². The molecule has 0 fully saturated rings. The number of hydrogen-bond donors (Lipinski definition) is 2. The van der Waals surface area contributed by atoms with E-state index in [2.05, 4.69) is 9.97 Å². The van der Waals surface area contributed by atoms with Crippen molar-refractivity contribution in [3.05, 3.63) is 81.0 Å². The molecule has 1 aliphatic carbocycles. The van der Waals surface area contributed by atoms with E-state index in [0.29, 0.717) is 12.1 Å². The molecule has 0 amide bonds. The number of carbonyl (C=O) groups excluding carboxylic acids is 1. The van der Waals surface area contributed by atoms with Crippen LogP contribution in [-0.2, 0) is 10.0 Å². The molecule has 0 atom stereocenters. The van der Waals surface area contributed by atoms with E-state index in [9.17, 15) is 30.8 Å². The second-order valence-corrected chi connectivity index (χ2v) is 9.47. The first-order valence-electron chi connectivity index (χ1n) is 9.53. The molecule has 1 aromatic carbocycles. The molecule has 34 heavy (non-hydrogen) atoms. The molecular weight excluding hydrogens is 505 g/mol. The summed E-state index contributed by atoms with van der Waals surface area (Å²) in [7, 11) is -4.49. The molecule has 2 aromatic heterocycles. The van der Waals surface area contributed by atoms with Gasteiger partial charge < -0.3 is 4.98 Å². The number of allylic oxidation sites excluding steroid dienone is 4. The van der Waals surface area contributed by atoms with Crippen molar-refractivity contribution in [3.8, 4) is 0 Å². The fourth-order valence-corrected chi connectivity index (χ4v) is 4.78. The van der Waals surface area contributed by atoms with E-state index in [1.807, 2.05) is 4.72 Å². The summed E-state index contributed by atoms with van der Waals surface area (Å²) in [5, 5.41) is 0.369. The highest BCUT2D eigenvalue weighted by Gasteiger charge is 2.35. The number of aromatic amines is 1. The second kappa shape index (κ2) is 8.51. The summed E-state index contributed by atoms with van der Waals surface area (Å²) in [6, 6.07) is 2.84. The predicted molar refractivity (Wildman–Crippen MR) is 115 cm³/mol. The first-order chi connectivity index (χ1) is 15.9. The fourth-order valence-electron chi connectivity index (χ4n) is 3.43. The van der Waals surface area contributed by atoms with Gasteiger partial charge in [0.15, 0.2) is 5.82 Å². The molecular formula is C21H13ClF5N3O3S. The van der Waals surface area contributed by atoms with Crippen LogP contribution in [0.5, 0.6) is 0 Å². The van der Waals surface area contributed by atoms with Gasteiger partial charge in [-0.25, -0.2) is 22.2 Å². The zero-order valence-electron chi connectivity index (χ0n) is 16.8. The van der Waals surface area contributed by atoms with E-state index in [1.165, 1.54) is 18.5 Å². The summed E-state index contributed by atoms with van der Waals surface area (Å²) in [6.45, 7) is 0. The third kappa shape index (κ3) is 4.42. The SMILES string of the molecule is O=C(c1c(F)ccc(NS(=O)(=O)C2=CC=C(C(F)(F)F)CC2)c1F)c1c[nH]c2ncc(Cl)cc12. The number of H-pyrrole nitrogens is 1. The van der Waals surface area contributed by atoms with Crippen molar-refractivity contribution < 1.29 is 35.2 Å². The maximum Gasteiger partial charge on any atom is 0.412 e. The summed E-state index contributed by atoms with van der Waals surface area (Å²) in [5.74, 6) is -3.83. The Hall–Kier alpha value is -3.25. The van der Waals surface area contributed by atoms with Gasteiger partial charge in [-0.2, -0.15) is 13.2 Å². The van der Waals surface area contributed by atoms with Gasteiger partial charge in [-0.3, -0.25) is 9.52 Å². The first-order valence-corrected chi connectivity index (χ1v) is 11.4. The fraction of sp³-hybridized carbons (Fsp3) is 0.143. The number of alkyl halides is 3. The van der Waals surface area contributed by atoms with Crippen LogP contribution in [0.4, 0.5) is 27.6 Å². The molecule has 0 unspecified atom stereocenters. The normalized spacial score (nSPS) is 14.6. The molecule has 0 spiro atoms. The molecule has 178 valence electrons. The van der Waals surface area contributed by atoms with Gasteiger partial charge in [0.05, 0.1) is 21.2 Å². The van der Waals surface area contributed by atoms with Gasteiger partial charge in [0, 0.05) is 28.9 Å². The van der Waals surface area contributed by atoms with E-state index in [1.54, 1.807) is 0 Å². The Labute approximate surface area is 194 Å². The van der Waals surface area contributed by atoms with Crippen LogP contribution in [0.2, 0.25) is 5.02 Å². The van der Waals surface area contributed by atoms with E-state index in [0.717, 1.165) is 12.1 Å². The summed E-state index contributed by atoms with van der Waals surface area (Å²) >= 11 is 5.88. The van der Waals surface area contributed by atoms with Crippen LogP contribution >= 0.6 is 11.6 Å². The number of carbonyl (C=O) groups is 1. The molecule has 3 aromatic rings.